The van der Waals surface area contributed by atoms with Crippen molar-refractivity contribution >= 4 is 21.9 Å². The minimum Gasteiger partial charge on any atom is -0.496 e. The van der Waals surface area contributed by atoms with Crippen molar-refractivity contribution in [2.75, 3.05) is 7.11 Å². The summed E-state index contributed by atoms with van der Waals surface area (Å²) < 4.78 is 31.2. The highest BCUT2D eigenvalue weighted by Gasteiger charge is 2.27. The second kappa shape index (κ2) is 6.55. The first-order valence-corrected chi connectivity index (χ1v) is 7.33. The molecule has 1 amide bonds. The van der Waals surface area contributed by atoms with E-state index in [0.29, 0.717) is 11.3 Å². The van der Waals surface area contributed by atoms with Gasteiger partial charge in [-0.1, -0.05) is 0 Å². The Hall–Kier alpha value is -2.13. The van der Waals surface area contributed by atoms with Gasteiger partial charge in [0.25, 0.3) is 0 Å². The van der Waals surface area contributed by atoms with Crippen LogP contribution in [0.3, 0.4) is 0 Å². The number of carbonyl (C=O) groups is 2. The van der Waals surface area contributed by atoms with Crippen molar-refractivity contribution in [3.63, 3.8) is 0 Å². The first kappa shape index (κ1) is 16.9. The zero-order valence-corrected chi connectivity index (χ0v) is 12.3. The van der Waals surface area contributed by atoms with Crippen molar-refractivity contribution < 1.29 is 27.9 Å². The number of nitrogens with two attached hydrogens (primary N) is 1. The average Bonchev–Trinajstić information content (AvgIpc) is 2.36. The molecule has 0 unspecified atom stereocenters. The van der Waals surface area contributed by atoms with Crippen LogP contribution < -0.4 is 15.2 Å². The summed E-state index contributed by atoms with van der Waals surface area (Å²) in [5.41, 5.74) is 5.47. The van der Waals surface area contributed by atoms with Gasteiger partial charge in [-0.15, -0.1) is 0 Å². The van der Waals surface area contributed by atoms with Crippen molar-refractivity contribution in [1.29, 1.82) is 0 Å². The van der Waals surface area contributed by atoms with E-state index in [1.165, 1.54) is 25.3 Å². The van der Waals surface area contributed by atoms with Gasteiger partial charge in [-0.05, 0) is 30.7 Å². The molecule has 0 bridgehead atoms. The van der Waals surface area contributed by atoms with Crippen LogP contribution >= 0.6 is 0 Å². The normalized spacial score (nSPS) is 12.7. The molecule has 1 aromatic rings. The van der Waals surface area contributed by atoms with Crippen LogP contribution in [0.2, 0.25) is 0 Å². The lowest BCUT2D eigenvalue weighted by molar-refractivity contribution is -0.140. The molecule has 1 rings (SSSR count). The molecule has 1 atom stereocenters. The number of aryl methyl sites for hydroxylation is 1. The predicted octanol–water partition coefficient (Wildman–Crippen LogP) is -0.389. The molecule has 4 N–H and O–H groups in total. The molecule has 0 heterocycles. The van der Waals surface area contributed by atoms with E-state index in [4.69, 9.17) is 15.6 Å². The Morgan fingerprint density at radius 3 is 2.48 bits per heavy atom. The van der Waals surface area contributed by atoms with Gasteiger partial charge in [0, 0.05) is 0 Å². The Kier molecular flexibility index (Phi) is 5.28. The number of benzene rings is 1. The Balaban J connectivity index is 3.07. The topological polar surface area (TPSA) is 136 Å². The number of aliphatic carboxylic acids is 1. The number of carboxylic acid groups (broad SMARTS) is 1. The molecule has 8 nitrogen and oxygen atoms in total. The smallest absolute Gasteiger partial charge is 0.322 e. The molecule has 21 heavy (non-hydrogen) atoms. The van der Waals surface area contributed by atoms with Gasteiger partial charge in [0.05, 0.1) is 18.4 Å². The summed E-state index contributed by atoms with van der Waals surface area (Å²) in [6.07, 6.45) is -0.635. The molecule has 0 aliphatic carbocycles. The highest BCUT2D eigenvalue weighted by Crippen LogP contribution is 2.21. The Labute approximate surface area is 122 Å². The summed E-state index contributed by atoms with van der Waals surface area (Å²) in [7, 11) is -2.65. The number of hydrogen-bond donors (Lipinski definition) is 3. The van der Waals surface area contributed by atoms with E-state index < -0.39 is 34.4 Å². The highest BCUT2D eigenvalue weighted by molar-refractivity contribution is 7.89. The van der Waals surface area contributed by atoms with Crippen LogP contribution in [-0.2, 0) is 19.6 Å². The molecule has 0 fully saturated rings. The van der Waals surface area contributed by atoms with E-state index in [-0.39, 0.29) is 4.90 Å². The lowest BCUT2D eigenvalue weighted by Gasteiger charge is -2.14. The standard InChI is InChI=1S/C12H16N2O6S/c1-7-5-8(3-4-10(7)20-2)21(18,19)14-9(12(16)17)6-11(13)15/h3-5,9,14H,6H2,1-2H3,(H2,13,15)(H,16,17)/t9-/m1/s1. The number of ether oxygens (including phenoxy) is 1. The van der Waals surface area contributed by atoms with E-state index in [0.717, 1.165) is 0 Å². The molecule has 0 aliphatic rings. The molecule has 0 spiro atoms. The molecule has 0 aliphatic heterocycles. The van der Waals surface area contributed by atoms with Crippen molar-refractivity contribution in [2.24, 2.45) is 5.73 Å². The minimum absolute atomic E-state index is 0.128. The maximum absolute atomic E-state index is 12.1. The number of amides is 1. The second-order valence-corrected chi connectivity index (χ2v) is 6.03. The van der Waals surface area contributed by atoms with Crippen LogP contribution in [0.25, 0.3) is 0 Å². The van der Waals surface area contributed by atoms with E-state index in [1.54, 1.807) is 6.92 Å². The number of carboxylic acids is 1. The summed E-state index contributed by atoms with van der Waals surface area (Å²) in [4.78, 5) is 21.6. The molecule has 1 aromatic carbocycles. The monoisotopic (exact) mass is 316 g/mol. The van der Waals surface area contributed by atoms with Crippen molar-refractivity contribution in [2.45, 2.75) is 24.3 Å². The highest BCUT2D eigenvalue weighted by atomic mass is 32.2. The van der Waals surface area contributed by atoms with Crippen LogP contribution in [0.15, 0.2) is 23.1 Å². The van der Waals surface area contributed by atoms with Crippen LogP contribution in [0.4, 0.5) is 0 Å². The molecule has 0 aromatic heterocycles. The zero-order chi connectivity index (χ0) is 16.2. The van der Waals surface area contributed by atoms with E-state index in [1.807, 2.05) is 4.72 Å². The van der Waals surface area contributed by atoms with Crippen LogP contribution in [0.1, 0.15) is 12.0 Å². The lowest BCUT2D eigenvalue weighted by Crippen LogP contribution is -2.43. The Bertz CT molecular complexity index is 656. The number of primary amides is 1. The predicted molar refractivity (Wildman–Crippen MR) is 73.3 cm³/mol. The van der Waals surface area contributed by atoms with Gasteiger partial charge < -0.3 is 15.6 Å². The molecule has 0 saturated carbocycles. The third-order valence-corrected chi connectivity index (χ3v) is 4.15. The summed E-state index contributed by atoms with van der Waals surface area (Å²) in [6, 6.07) is 2.45. The van der Waals surface area contributed by atoms with E-state index in [2.05, 4.69) is 0 Å². The summed E-state index contributed by atoms with van der Waals surface area (Å²) in [5.74, 6) is -1.90. The van der Waals surface area contributed by atoms with E-state index in [9.17, 15) is 18.0 Å². The van der Waals surface area contributed by atoms with Gasteiger partial charge in [-0.2, -0.15) is 4.72 Å². The van der Waals surface area contributed by atoms with Gasteiger partial charge >= 0.3 is 5.97 Å². The molecule has 9 heteroatoms. The van der Waals surface area contributed by atoms with Crippen LogP contribution in [0, 0.1) is 6.92 Å². The number of nitrogens with one attached hydrogen (secondary N) is 1. The first-order valence-electron chi connectivity index (χ1n) is 5.85. The molecule has 0 saturated heterocycles. The molecular weight excluding hydrogens is 300 g/mol. The number of carbonyl (C=O) groups excluding carboxylic acids is 1. The number of sulfonamides is 1. The molecular formula is C12H16N2O6S. The maximum Gasteiger partial charge on any atom is 0.322 e. The van der Waals surface area contributed by atoms with Crippen molar-refractivity contribution in [3.8, 4) is 5.75 Å². The van der Waals surface area contributed by atoms with Crippen LogP contribution in [-0.4, -0.2) is 38.6 Å². The molecule has 0 radical (unpaired) electrons. The zero-order valence-electron chi connectivity index (χ0n) is 11.5. The molecule has 116 valence electrons. The SMILES string of the molecule is COc1ccc(S(=O)(=O)N[C@H](CC(N)=O)C(=O)O)cc1C. The number of methoxy groups -OCH3 is 1. The third kappa shape index (κ3) is 4.43. The largest absolute Gasteiger partial charge is 0.496 e. The van der Waals surface area contributed by atoms with Gasteiger partial charge in [-0.25, -0.2) is 8.42 Å². The number of rotatable bonds is 7. The average molecular weight is 316 g/mol. The summed E-state index contributed by atoms with van der Waals surface area (Å²) >= 11 is 0. The Morgan fingerprint density at radius 1 is 1.43 bits per heavy atom. The quantitative estimate of drug-likeness (QED) is 0.627. The fraction of sp³-hybridized carbons (Fsp3) is 0.333. The number of hydrogen-bond acceptors (Lipinski definition) is 5. The van der Waals surface area contributed by atoms with E-state index >= 15 is 0 Å². The maximum atomic E-state index is 12.1. The minimum atomic E-state index is -4.09. The first-order chi connectivity index (χ1) is 9.67. The third-order valence-electron chi connectivity index (χ3n) is 2.68. The summed E-state index contributed by atoms with van der Waals surface area (Å²) in [5, 5.41) is 8.91. The lowest BCUT2D eigenvalue weighted by atomic mass is 10.2. The van der Waals surface area contributed by atoms with Gasteiger partial charge in [0.2, 0.25) is 15.9 Å². The Morgan fingerprint density at radius 2 is 2.05 bits per heavy atom. The summed E-state index contributed by atoms with van der Waals surface area (Å²) in [6.45, 7) is 1.65. The van der Waals surface area contributed by atoms with Gasteiger partial charge in [0.15, 0.2) is 0 Å². The van der Waals surface area contributed by atoms with Crippen molar-refractivity contribution in [1.82, 2.24) is 4.72 Å². The van der Waals surface area contributed by atoms with Gasteiger partial charge in [0.1, 0.15) is 11.8 Å². The second-order valence-electron chi connectivity index (χ2n) is 4.31. The fourth-order valence-electron chi connectivity index (χ4n) is 1.65. The van der Waals surface area contributed by atoms with Gasteiger partial charge in [-0.3, -0.25) is 9.59 Å². The van der Waals surface area contributed by atoms with Crippen LogP contribution in [0.5, 0.6) is 5.75 Å². The fourth-order valence-corrected chi connectivity index (χ4v) is 2.93. The van der Waals surface area contributed by atoms with Crippen molar-refractivity contribution in [3.05, 3.63) is 23.8 Å².